The van der Waals surface area contributed by atoms with Crippen molar-refractivity contribution in [2.24, 2.45) is 4.99 Å². The van der Waals surface area contributed by atoms with Gasteiger partial charge in [0.1, 0.15) is 0 Å². The van der Waals surface area contributed by atoms with Gasteiger partial charge >= 0.3 is 0 Å². The number of nitrogens with zero attached hydrogens (tertiary/aromatic N) is 2. The molecule has 0 unspecified atom stereocenters. The first-order valence-corrected chi connectivity index (χ1v) is 7.47. The summed E-state index contributed by atoms with van der Waals surface area (Å²) in [5, 5.41) is 8.33. The Balaban J connectivity index is 0.00000220. The standard InChI is InChI=1S/C14H17ClN4S.HI/c1-10-17-8-12(20-10)9-19-14(16-2)18-7-11-5-3-4-6-13(11)15;/h3-6,8H,7,9H2,1-2H3,(H2,16,18,19);1H. The fourth-order valence-electron chi connectivity index (χ4n) is 1.70. The Bertz CT molecular complexity index is 600. The van der Waals surface area contributed by atoms with Crippen LogP contribution < -0.4 is 10.6 Å². The summed E-state index contributed by atoms with van der Waals surface area (Å²) < 4.78 is 0. The highest BCUT2D eigenvalue weighted by atomic mass is 127. The first-order chi connectivity index (χ1) is 9.69. The molecule has 4 nitrogen and oxygen atoms in total. The van der Waals surface area contributed by atoms with Crippen LogP contribution in [-0.2, 0) is 13.1 Å². The zero-order chi connectivity index (χ0) is 14.4. The summed E-state index contributed by atoms with van der Waals surface area (Å²) in [5.41, 5.74) is 1.05. The number of benzene rings is 1. The van der Waals surface area contributed by atoms with Crippen LogP contribution in [0.1, 0.15) is 15.4 Å². The lowest BCUT2D eigenvalue weighted by Crippen LogP contribution is -2.36. The average molecular weight is 437 g/mol. The fourth-order valence-corrected chi connectivity index (χ4v) is 2.64. The van der Waals surface area contributed by atoms with Crippen molar-refractivity contribution in [3.63, 3.8) is 0 Å². The molecule has 21 heavy (non-hydrogen) atoms. The van der Waals surface area contributed by atoms with E-state index in [1.54, 1.807) is 18.4 Å². The lowest BCUT2D eigenvalue weighted by Gasteiger charge is -2.11. The first-order valence-electron chi connectivity index (χ1n) is 6.28. The molecule has 7 heteroatoms. The molecule has 0 atom stereocenters. The van der Waals surface area contributed by atoms with Crippen LogP contribution in [0.4, 0.5) is 0 Å². The van der Waals surface area contributed by atoms with Crippen LogP contribution in [-0.4, -0.2) is 18.0 Å². The van der Waals surface area contributed by atoms with E-state index in [0.717, 1.165) is 21.6 Å². The van der Waals surface area contributed by atoms with Gasteiger partial charge in [0, 0.05) is 29.7 Å². The van der Waals surface area contributed by atoms with Crippen molar-refractivity contribution < 1.29 is 0 Å². The number of aromatic nitrogens is 1. The number of hydrogen-bond acceptors (Lipinski definition) is 3. The van der Waals surface area contributed by atoms with Gasteiger partial charge < -0.3 is 10.6 Å². The first kappa shape index (κ1) is 18.2. The SMILES string of the molecule is CN=C(NCc1cnc(C)s1)NCc1ccccc1Cl.I. The molecule has 0 aliphatic rings. The van der Waals surface area contributed by atoms with Gasteiger partial charge in [0.05, 0.1) is 11.6 Å². The van der Waals surface area contributed by atoms with E-state index in [0.29, 0.717) is 13.1 Å². The molecular weight excluding hydrogens is 419 g/mol. The van der Waals surface area contributed by atoms with E-state index in [1.165, 1.54) is 4.88 Å². The Labute approximate surface area is 151 Å². The van der Waals surface area contributed by atoms with Crippen LogP contribution >= 0.6 is 46.9 Å². The molecule has 114 valence electrons. The molecule has 0 fully saturated rings. The Hall–Kier alpha value is -0.860. The van der Waals surface area contributed by atoms with Crippen molar-refractivity contribution in [1.29, 1.82) is 0 Å². The fraction of sp³-hybridized carbons (Fsp3) is 0.286. The minimum absolute atomic E-state index is 0. The van der Waals surface area contributed by atoms with Gasteiger partial charge in [-0.3, -0.25) is 4.99 Å². The lowest BCUT2D eigenvalue weighted by molar-refractivity contribution is 0.814. The van der Waals surface area contributed by atoms with E-state index >= 15 is 0 Å². The molecule has 1 aromatic carbocycles. The summed E-state index contributed by atoms with van der Waals surface area (Å²) in [7, 11) is 1.75. The highest BCUT2D eigenvalue weighted by Gasteiger charge is 2.03. The minimum atomic E-state index is 0. The van der Waals surface area contributed by atoms with Crippen molar-refractivity contribution in [3.05, 3.63) is 50.9 Å². The second-order valence-electron chi connectivity index (χ2n) is 4.22. The highest BCUT2D eigenvalue weighted by molar-refractivity contribution is 14.0. The van der Waals surface area contributed by atoms with Gasteiger partial charge in [-0.05, 0) is 18.6 Å². The molecule has 0 bridgehead atoms. The van der Waals surface area contributed by atoms with Crippen LogP contribution in [0.25, 0.3) is 0 Å². The molecule has 2 rings (SSSR count). The maximum atomic E-state index is 6.12. The smallest absolute Gasteiger partial charge is 0.191 e. The predicted molar refractivity (Wildman–Crippen MR) is 101 cm³/mol. The Morgan fingerprint density at radius 1 is 1.29 bits per heavy atom. The molecule has 0 aliphatic carbocycles. The Morgan fingerprint density at radius 2 is 2.00 bits per heavy atom. The summed E-state index contributed by atoms with van der Waals surface area (Å²) in [6.45, 7) is 3.35. The van der Waals surface area contributed by atoms with E-state index in [-0.39, 0.29) is 24.0 Å². The number of aryl methyl sites for hydroxylation is 1. The van der Waals surface area contributed by atoms with E-state index in [4.69, 9.17) is 11.6 Å². The number of aliphatic imine (C=N–C) groups is 1. The van der Waals surface area contributed by atoms with Gasteiger partial charge in [-0.15, -0.1) is 35.3 Å². The summed E-state index contributed by atoms with van der Waals surface area (Å²) in [5.74, 6) is 0.746. The third kappa shape index (κ3) is 5.80. The number of hydrogen-bond donors (Lipinski definition) is 2. The van der Waals surface area contributed by atoms with Crippen LogP contribution in [0.15, 0.2) is 35.5 Å². The summed E-state index contributed by atoms with van der Waals surface area (Å²) in [6, 6.07) is 7.77. The van der Waals surface area contributed by atoms with Crippen LogP contribution in [0, 0.1) is 6.92 Å². The molecule has 1 aromatic heterocycles. The monoisotopic (exact) mass is 436 g/mol. The summed E-state index contributed by atoms with van der Waals surface area (Å²) in [4.78, 5) is 9.60. The number of thiazole rings is 1. The van der Waals surface area contributed by atoms with Gasteiger partial charge in [-0.2, -0.15) is 0 Å². The van der Waals surface area contributed by atoms with Crippen molar-refractivity contribution in [2.75, 3.05) is 7.05 Å². The van der Waals surface area contributed by atoms with Gasteiger partial charge in [-0.1, -0.05) is 29.8 Å². The molecular formula is C14H18ClIN4S. The van der Waals surface area contributed by atoms with E-state index in [1.807, 2.05) is 37.4 Å². The van der Waals surface area contributed by atoms with Crippen molar-refractivity contribution >= 4 is 52.9 Å². The van der Waals surface area contributed by atoms with Crippen molar-refractivity contribution in [1.82, 2.24) is 15.6 Å². The molecule has 0 saturated carbocycles. The van der Waals surface area contributed by atoms with Gasteiger partial charge in [0.25, 0.3) is 0 Å². The van der Waals surface area contributed by atoms with Crippen LogP contribution in [0.2, 0.25) is 5.02 Å². The molecule has 2 aromatic rings. The van der Waals surface area contributed by atoms with Crippen molar-refractivity contribution in [3.8, 4) is 0 Å². The third-order valence-electron chi connectivity index (χ3n) is 2.73. The van der Waals surface area contributed by atoms with Gasteiger partial charge in [0.15, 0.2) is 5.96 Å². The average Bonchev–Trinajstić information content (AvgIpc) is 2.86. The minimum Gasteiger partial charge on any atom is -0.352 e. The largest absolute Gasteiger partial charge is 0.352 e. The maximum Gasteiger partial charge on any atom is 0.191 e. The zero-order valence-electron chi connectivity index (χ0n) is 11.9. The molecule has 2 N–H and O–H groups in total. The summed E-state index contributed by atoms with van der Waals surface area (Å²) >= 11 is 7.80. The number of rotatable bonds is 4. The predicted octanol–water partition coefficient (Wildman–Crippen LogP) is 3.59. The van der Waals surface area contributed by atoms with Crippen LogP contribution in [0.3, 0.4) is 0 Å². The lowest BCUT2D eigenvalue weighted by atomic mass is 10.2. The number of nitrogens with one attached hydrogen (secondary N) is 2. The number of guanidine groups is 1. The van der Waals surface area contributed by atoms with E-state index in [9.17, 15) is 0 Å². The Morgan fingerprint density at radius 3 is 2.62 bits per heavy atom. The van der Waals surface area contributed by atoms with E-state index < -0.39 is 0 Å². The summed E-state index contributed by atoms with van der Waals surface area (Å²) in [6.07, 6.45) is 1.88. The van der Waals surface area contributed by atoms with Crippen LogP contribution in [0.5, 0.6) is 0 Å². The molecule has 0 radical (unpaired) electrons. The molecule has 0 spiro atoms. The normalized spacial score (nSPS) is 10.9. The second kappa shape index (κ2) is 9.22. The highest BCUT2D eigenvalue weighted by Crippen LogP contribution is 2.14. The maximum absolute atomic E-state index is 6.12. The third-order valence-corrected chi connectivity index (χ3v) is 4.01. The molecule has 0 amide bonds. The Kier molecular flexibility index (Phi) is 7.98. The van der Waals surface area contributed by atoms with Gasteiger partial charge in [-0.25, -0.2) is 4.98 Å². The number of halogens is 2. The molecule has 0 aliphatic heterocycles. The van der Waals surface area contributed by atoms with E-state index in [2.05, 4.69) is 20.6 Å². The molecule has 0 saturated heterocycles. The quantitative estimate of drug-likeness (QED) is 0.437. The second-order valence-corrected chi connectivity index (χ2v) is 5.94. The van der Waals surface area contributed by atoms with Crippen molar-refractivity contribution in [2.45, 2.75) is 20.0 Å². The van der Waals surface area contributed by atoms with Gasteiger partial charge in [0.2, 0.25) is 0 Å². The zero-order valence-corrected chi connectivity index (χ0v) is 15.8. The molecule has 1 heterocycles. The topological polar surface area (TPSA) is 49.3 Å².